The second kappa shape index (κ2) is 11.5. The third-order valence-corrected chi connectivity index (χ3v) is 4.22. The quantitative estimate of drug-likeness (QED) is 0.354. The molecule has 0 fully saturated rings. The summed E-state index contributed by atoms with van der Waals surface area (Å²) in [6, 6.07) is 11.3. The summed E-state index contributed by atoms with van der Waals surface area (Å²) in [5, 5.41) is 2.86. The number of carbonyl (C=O) groups is 1. The average molecular weight is 409 g/mol. The van der Waals surface area contributed by atoms with Crippen LogP contribution in [0, 0.1) is 0 Å². The van der Waals surface area contributed by atoms with Crippen LogP contribution in [0.15, 0.2) is 48.5 Å². The van der Waals surface area contributed by atoms with E-state index in [-0.39, 0.29) is 17.9 Å². The maximum absolute atomic E-state index is 12.9. The van der Waals surface area contributed by atoms with Crippen LogP contribution in [0.5, 0.6) is 0 Å². The van der Waals surface area contributed by atoms with Crippen LogP contribution in [-0.2, 0) is 15.7 Å². The summed E-state index contributed by atoms with van der Waals surface area (Å²) < 4.78 is 49.3. The van der Waals surface area contributed by atoms with Crippen molar-refractivity contribution in [2.45, 2.75) is 38.8 Å². The topological polar surface area (TPSA) is 47.6 Å². The first-order valence-corrected chi connectivity index (χ1v) is 9.70. The zero-order valence-electron chi connectivity index (χ0n) is 16.4. The van der Waals surface area contributed by atoms with E-state index in [4.69, 9.17) is 9.47 Å². The molecule has 1 N–H and O–H groups in total. The molecule has 0 spiro atoms. The van der Waals surface area contributed by atoms with Crippen molar-refractivity contribution in [1.29, 1.82) is 0 Å². The average Bonchev–Trinajstić information content (AvgIpc) is 2.70. The van der Waals surface area contributed by atoms with Crippen LogP contribution in [0.25, 0.3) is 0 Å². The van der Waals surface area contributed by atoms with E-state index in [1.807, 2.05) is 0 Å². The number of ether oxygens (including phenoxy) is 2. The molecule has 0 aliphatic rings. The number of carbonyl (C=O) groups excluding carboxylic acids is 1. The maximum atomic E-state index is 12.9. The van der Waals surface area contributed by atoms with E-state index in [0.29, 0.717) is 18.9 Å². The monoisotopic (exact) mass is 409 g/mol. The number of hydrogen-bond donors (Lipinski definition) is 1. The lowest BCUT2D eigenvalue weighted by Crippen LogP contribution is -2.13. The van der Waals surface area contributed by atoms with Crippen LogP contribution in [0.3, 0.4) is 0 Å². The minimum absolute atomic E-state index is 0.116. The van der Waals surface area contributed by atoms with Gasteiger partial charge in [-0.1, -0.05) is 44.4 Å². The smallest absolute Gasteiger partial charge is 0.416 e. The Hall–Kier alpha value is -2.54. The Kier molecular flexibility index (Phi) is 8.99. The van der Waals surface area contributed by atoms with E-state index in [1.165, 1.54) is 18.6 Å². The summed E-state index contributed by atoms with van der Waals surface area (Å²) in [5.74, 6) is -0.561. The number of unbranched alkanes of at least 4 members (excludes halogenated alkanes) is 3. The first-order valence-electron chi connectivity index (χ1n) is 9.70. The number of esters is 1. The van der Waals surface area contributed by atoms with Gasteiger partial charge in [-0.3, -0.25) is 0 Å². The number of hydrogen-bond acceptors (Lipinski definition) is 4. The number of para-hydroxylation sites is 1. The highest BCUT2D eigenvalue weighted by molar-refractivity contribution is 5.96. The number of anilines is 2. The van der Waals surface area contributed by atoms with Crippen molar-refractivity contribution in [2.75, 3.05) is 25.1 Å². The lowest BCUT2D eigenvalue weighted by molar-refractivity contribution is -0.137. The second-order valence-corrected chi connectivity index (χ2v) is 6.56. The molecular formula is C22H26F3NO3. The summed E-state index contributed by atoms with van der Waals surface area (Å²) in [6.07, 6.45) is -0.0113. The van der Waals surface area contributed by atoms with Crippen molar-refractivity contribution in [3.63, 3.8) is 0 Å². The summed E-state index contributed by atoms with van der Waals surface area (Å²) in [5.41, 5.74) is 0.0827. The van der Waals surface area contributed by atoms with Gasteiger partial charge in [0.1, 0.15) is 6.61 Å². The summed E-state index contributed by atoms with van der Waals surface area (Å²) in [7, 11) is 0. The van der Waals surface area contributed by atoms with Crippen molar-refractivity contribution in [3.8, 4) is 0 Å². The van der Waals surface area contributed by atoms with E-state index in [0.717, 1.165) is 31.4 Å². The SMILES string of the molecule is CCCCCCOCCOC(=O)c1ccccc1Nc1cccc(C(F)(F)F)c1. The molecule has 0 aliphatic carbocycles. The Morgan fingerprint density at radius 2 is 1.76 bits per heavy atom. The lowest BCUT2D eigenvalue weighted by atomic mass is 10.1. The number of halogens is 3. The molecule has 0 aliphatic heterocycles. The number of alkyl halides is 3. The fourth-order valence-electron chi connectivity index (χ4n) is 2.70. The van der Waals surface area contributed by atoms with E-state index in [2.05, 4.69) is 12.2 Å². The van der Waals surface area contributed by atoms with Crippen LogP contribution in [-0.4, -0.2) is 25.8 Å². The van der Waals surface area contributed by atoms with Crippen LogP contribution >= 0.6 is 0 Å². The van der Waals surface area contributed by atoms with Gasteiger partial charge in [-0.05, 0) is 36.8 Å². The van der Waals surface area contributed by atoms with Gasteiger partial charge in [0.2, 0.25) is 0 Å². The van der Waals surface area contributed by atoms with Gasteiger partial charge < -0.3 is 14.8 Å². The molecule has 2 rings (SSSR count). The minimum Gasteiger partial charge on any atom is -0.460 e. The molecule has 0 radical (unpaired) electrons. The van der Waals surface area contributed by atoms with Gasteiger partial charge in [0.25, 0.3) is 0 Å². The first-order chi connectivity index (χ1) is 13.9. The molecule has 0 aromatic heterocycles. The molecule has 2 aromatic rings. The Labute approximate surface area is 169 Å². The Morgan fingerprint density at radius 3 is 2.52 bits per heavy atom. The van der Waals surface area contributed by atoms with Gasteiger partial charge in [-0.15, -0.1) is 0 Å². The maximum Gasteiger partial charge on any atom is 0.416 e. The standard InChI is InChI=1S/C22H26F3NO3/c1-2-3-4-7-13-28-14-15-29-21(27)19-11-5-6-12-20(19)26-18-10-8-9-17(16-18)22(23,24)25/h5-6,8-12,16,26H,2-4,7,13-15H2,1H3. The Balaban J connectivity index is 1.91. The van der Waals surface area contributed by atoms with Crippen molar-refractivity contribution in [3.05, 3.63) is 59.7 Å². The molecule has 0 bridgehead atoms. The summed E-state index contributed by atoms with van der Waals surface area (Å²) >= 11 is 0. The van der Waals surface area contributed by atoms with Gasteiger partial charge in [-0.2, -0.15) is 13.2 Å². The molecule has 2 aromatic carbocycles. The fourth-order valence-corrected chi connectivity index (χ4v) is 2.70. The van der Waals surface area contributed by atoms with Crippen molar-refractivity contribution in [2.24, 2.45) is 0 Å². The third kappa shape index (κ3) is 7.77. The molecule has 0 unspecified atom stereocenters. The van der Waals surface area contributed by atoms with Crippen LogP contribution < -0.4 is 5.32 Å². The largest absolute Gasteiger partial charge is 0.460 e. The van der Waals surface area contributed by atoms with Gasteiger partial charge in [0.15, 0.2) is 0 Å². The number of nitrogens with one attached hydrogen (secondary N) is 1. The summed E-state index contributed by atoms with van der Waals surface area (Å²) in [4.78, 5) is 12.4. The zero-order valence-corrected chi connectivity index (χ0v) is 16.4. The molecule has 0 saturated carbocycles. The predicted octanol–water partition coefficient (Wildman–Crippen LogP) is 6.20. The van der Waals surface area contributed by atoms with E-state index in [9.17, 15) is 18.0 Å². The highest BCUT2D eigenvalue weighted by atomic mass is 19.4. The number of benzene rings is 2. The van der Waals surface area contributed by atoms with Crippen molar-refractivity contribution in [1.82, 2.24) is 0 Å². The molecule has 29 heavy (non-hydrogen) atoms. The molecule has 0 saturated heterocycles. The second-order valence-electron chi connectivity index (χ2n) is 6.56. The lowest BCUT2D eigenvalue weighted by Gasteiger charge is -2.13. The molecular weight excluding hydrogens is 383 g/mol. The van der Waals surface area contributed by atoms with Gasteiger partial charge in [0, 0.05) is 12.3 Å². The predicted molar refractivity (Wildman–Crippen MR) is 106 cm³/mol. The Morgan fingerprint density at radius 1 is 0.966 bits per heavy atom. The van der Waals surface area contributed by atoms with Gasteiger partial charge in [0.05, 0.1) is 23.4 Å². The van der Waals surface area contributed by atoms with Crippen LogP contribution in [0.1, 0.15) is 48.5 Å². The zero-order chi connectivity index (χ0) is 21.1. The summed E-state index contributed by atoms with van der Waals surface area (Å²) in [6.45, 7) is 3.19. The van der Waals surface area contributed by atoms with E-state index in [1.54, 1.807) is 24.3 Å². The highest BCUT2D eigenvalue weighted by Crippen LogP contribution is 2.32. The molecule has 0 heterocycles. The first kappa shape index (κ1) is 22.7. The Bertz CT molecular complexity index is 778. The highest BCUT2D eigenvalue weighted by Gasteiger charge is 2.30. The van der Waals surface area contributed by atoms with Crippen LogP contribution in [0.4, 0.5) is 24.5 Å². The molecule has 158 valence electrons. The number of rotatable bonds is 11. The van der Waals surface area contributed by atoms with Gasteiger partial charge >= 0.3 is 12.1 Å². The van der Waals surface area contributed by atoms with Gasteiger partial charge in [-0.25, -0.2) is 4.79 Å². The minimum atomic E-state index is -4.44. The molecule has 7 heteroatoms. The molecule has 0 amide bonds. The van der Waals surface area contributed by atoms with E-state index < -0.39 is 17.7 Å². The van der Waals surface area contributed by atoms with Crippen LogP contribution in [0.2, 0.25) is 0 Å². The fraction of sp³-hybridized carbons (Fsp3) is 0.409. The normalized spacial score (nSPS) is 11.3. The molecule has 4 nitrogen and oxygen atoms in total. The van der Waals surface area contributed by atoms with Crippen molar-refractivity contribution < 1.29 is 27.4 Å². The van der Waals surface area contributed by atoms with Crippen molar-refractivity contribution >= 4 is 17.3 Å². The van der Waals surface area contributed by atoms with E-state index >= 15 is 0 Å². The molecule has 0 atom stereocenters. The third-order valence-electron chi connectivity index (χ3n) is 4.22.